The molecule has 88 valence electrons. The van der Waals surface area contributed by atoms with Gasteiger partial charge in [-0.3, -0.25) is 9.97 Å². The van der Waals surface area contributed by atoms with E-state index < -0.39 is 6.10 Å². The highest BCUT2D eigenvalue weighted by Gasteiger charge is 2.16. The number of rotatable bonds is 3. The average molecular weight is 230 g/mol. The Labute approximate surface area is 99.9 Å². The quantitative estimate of drug-likeness (QED) is 0.874. The Morgan fingerprint density at radius 3 is 2.76 bits per heavy atom. The molecule has 0 aliphatic heterocycles. The number of pyridine rings is 2. The van der Waals surface area contributed by atoms with Gasteiger partial charge in [-0.1, -0.05) is 0 Å². The van der Waals surface area contributed by atoms with Crippen molar-refractivity contribution in [3.8, 4) is 5.75 Å². The van der Waals surface area contributed by atoms with Crippen molar-refractivity contribution in [2.45, 2.75) is 13.0 Å². The molecule has 2 heterocycles. The maximum absolute atomic E-state index is 10.3. The van der Waals surface area contributed by atoms with E-state index in [0.717, 1.165) is 11.3 Å². The molecule has 0 fully saturated rings. The first kappa shape index (κ1) is 11.5. The van der Waals surface area contributed by atoms with E-state index in [1.807, 2.05) is 13.0 Å². The second kappa shape index (κ2) is 4.93. The normalized spacial score (nSPS) is 12.2. The number of aryl methyl sites for hydroxylation is 1. The second-order valence-corrected chi connectivity index (χ2v) is 3.72. The fourth-order valence-corrected chi connectivity index (χ4v) is 1.68. The Morgan fingerprint density at radius 2 is 2.06 bits per heavy atom. The molecule has 0 spiro atoms. The molecule has 0 amide bonds. The zero-order valence-corrected chi connectivity index (χ0v) is 9.79. The zero-order chi connectivity index (χ0) is 12.3. The predicted octanol–water partition coefficient (Wildman–Crippen LogP) is 1.88. The van der Waals surface area contributed by atoms with Gasteiger partial charge in [-0.25, -0.2) is 0 Å². The Morgan fingerprint density at radius 1 is 1.24 bits per heavy atom. The van der Waals surface area contributed by atoms with Crippen molar-refractivity contribution in [2.24, 2.45) is 0 Å². The molecule has 0 aliphatic rings. The lowest BCUT2D eigenvalue weighted by Gasteiger charge is -2.13. The number of methoxy groups -OCH3 is 1. The summed E-state index contributed by atoms with van der Waals surface area (Å²) < 4.78 is 5.18. The Hall–Kier alpha value is -1.94. The molecule has 2 rings (SSSR count). The van der Waals surface area contributed by atoms with Crippen molar-refractivity contribution in [3.63, 3.8) is 0 Å². The van der Waals surface area contributed by atoms with E-state index >= 15 is 0 Å². The van der Waals surface area contributed by atoms with Crippen molar-refractivity contribution < 1.29 is 9.84 Å². The van der Waals surface area contributed by atoms with Gasteiger partial charge in [-0.15, -0.1) is 0 Å². The smallest absolute Gasteiger partial charge is 0.143 e. The summed E-state index contributed by atoms with van der Waals surface area (Å²) >= 11 is 0. The van der Waals surface area contributed by atoms with E-state index in [0.29, 0.717) is 11.4 Å². The van der Waals surface area contributed by atoms with E-state index in [2.05, 4.69) is 9.97 Å². The summed E-state index contributed by atoms with van der Waals surface area (Å²) in [5.41, 5.74) is 2.13. The zero-order valence-electron chi connectivity index (χ0n) is 9.79. The summed E-state index contributed by atoms with van der Waals surface area (Å²) in [6.07, 6.45) is 2.51. The van der Waals surface area contributed by atoms with Crippen molar-refractivity contribution in [1.82, 2.24) is 9.97 Å². The molecule has 0 aromatic carbocycles. The summed E-state index contributed by atoms with van der Waals surface area (Å²) in [4.78, 5) is 8.26. The summed E-state index contributed by atoms with van der Waals surface area (Å²) in [6, 6.07) is 7.15. The summed E-state index contributed by atoms with van der Waals surface area (Å²) in [5, 5.41) is 10.3. The molecular formula is C13H14N2O2. The molecule has 0 saturated heterocycles. The van der Waals surface area contributed by atoms with Crippen molar-refractivity contribution in [3.05, 3.63) is 53.6 Å². The van der Waals surface area contributed by atoms with Gasteiger partial charge in [0.15, 0.2) is 0 Å². The fourth-order valence-electron chi connectivity index (χ4n) is 1.68. The number of aromatic nitrogens is 2. The summed E-state index contributed by atoms with van der Waals surface area (Å²) in [7, 11) is 1.56. The van der Waals surface area contributed by atoms with Gasteiger partial charge in [0.05, 0.1) is 7.11 Å². The summed E-state index contributed by atoms with van der Waals surface area (Å²) in [6.45, 7) is 1.88. The summed E-state index contributed by atoms with van der Waals surface area (Å²) in [5.74, 6) is 0.578. The van der Waals surface area contributed by atoms with Crippen LogP contribution in [0.1, 0.15) is 23.1 Å². The maximum atomic E-state index is 10.3. The third-order valence-corrected chi connectivity index (χ3v) is 2.52. The third kappa shape index (κ3) is 2.42. The Balaban J connectivity index is 2.40. The van der Waals surface area contributed by atoms with Crippen LogP contribution in [-0.2, 0) is 0 Å². The van der Waals surface area contributed by atoms with Gasteiger partial charge in [0, 0.05) is 18.1 Å². The molecule has 1 atom stereocenters. The Kier molecular flexibility index (Phi) is 3.35. The van der Waals surface area contributed by atoms with Crippen LogP contribution in [0.4, 0.5) is 0 Å². The lowest BCUT2D eigenvalue weighted by atomic mass is 10.1. The standard InChI is InChI=1S/C13H14N2O2/c1-9-8-10(5-7-14-9)13(16)12-11(17-2)4-3-6-15-12/h3-8,13,16H,1-2H3. The van der Waals surface area contributed by atoms with Gasteiger partial charge >= 0.3 is 0 Å². The minimum absolute atomic E-state index is 0.514. The minimum atomic E-state index is -0.798. The van der Waals surface area contributed by atoms with Crippen LogP contribution >= 0.6 is 0 Å². The van der Waals surface area contributed by atoms with E-state index in [9.17, 15) is 5.11 Å². The van der Waals surface area contributed by atoms with Crippen LogP contribution in [0.3, 0.4) is 0 Å². The molecule has 4 heteroatoms. The van der Waals surface area contributed by atoms with Crippen molar-refractivity contribution >= 4 is 0 Å². The topological polar surface area (TPSA) is 55.2 Å². The first-order valence-corrected chi connectivity index (χ1v) is 5.32. The van der Waals surface area contributed by atoms with Gasteiger partial charge < -0.3 is 9.84 Å². The second-order valence-electron chi connectivity index (χ2n) is 3.72. The van der Waals surface area contributed by atoms with Crippen molar-refractivity contribution in [1.29, 1.82) is 0 Å². The highest BCUT2D eigenvalue weighted by molar-refractivity contribution is 5.35. The van der Waals surface area contributed by atoms with E-state index in [-0.39, 0.29) is 0 Å². The van der Waals surface area contributed by atoms with Gasteiger partial charge in [0.2, 0.25) is 0 Å². The van der Waals surface area contributed by atoms with Gasteiger partial charge in [0.1, 0.15) is 17.5 Å². The maximum Gasteiger partial charge on any atom is 0.143 e. The highest BCUT2D eigenvalue weighted by Crippen LogP contribution is 2.27. The molecule has 0 aliphatic carbocycles. The van der Waals surface area contributed by atoms with E-state index in [1.54, 1.807) is 37.7 Å². The highest BCUT2D eigenvalue weighted by atomic mass is 16.5. The molecule has 4 nitrogen and oxygen atoms in total. The first-order chi connectivity index (χ1) is 8.22. The number of hydrogen-bond donors (Lipinski definition) is 1. The molecule has 0 bridgehead atoms. The number of aliphatic hydroxyl groups excluding tert-OH is 1. The number of aliphatic hydroxyl groups is 1. The predicted molar refractivity (Wildman–Crippen MR) is 63.8 cm³/mol. The lowest BCUT2D eigenvalue weighted by Crippen LogP contribution is -2.05. The Bertz CT molecular complexity index is 514. The van der Waals surface area contributed by atoms with Gasteiger partial charge in [-0.2, -0.15) is 0 Å². The van der Waals surface area contributed by atoms with Crippen LogP contribution < -0.4 is 4.74 Å². The first-order valence-electron chi connectivity index (χ1n) is 5.32. The number of ether oxygens (including phenoxy) is 1. The molecular weight excluding hydrogens is 216 g/mol. The van der Waals surface area contributed by atoms with Crippen LogP contribution in [0.5, 0.6) is 5.75 Å². The van der Waals surface area contributed by atoms with Crippen LogP contribution in [0, 0.1) is 6.92 Å². The SMILES string of the molecule is COc1cccnc1C(O)c1ccnc(C)c1. The third-order valence-electron chi connectivity index (χ3n) is 2.52. The number of hydrogen-bond acceptors (Lipinski definition) is 4. The van der Waals surface area contributed by atoms with Crippen LogP contribution in [0.25, 0.3) is 0 Å². The van der Waals surface area contributed by atoms with Crippen LogP contribution in [0.2, 0.25) is 0 Å². The fraction of sp³-hybridized carbons (Fsp3) is 0.231. The van der Waals surface area contributed by atoms with Crippen molar-refractivity contribution in [2.75, 3.05) is 7.11 Å². The minimum Gasteiger partial charge on any atom is -0.495 e. The lowest BCUT2D eigenvalue weighted by molar-refractivity contribution is 0.209. The van der Waals surface area contributed by atoms with Crippen LogP contribution in [0.15, 0.2) is 36.7 Å². The van der Waals surface area contributed by atoms with Gasteiger partial charge in [0.25, 0.3) is 0 Å². The van der Waals surface area contributed by atoms with E-state index in [4.69, 9.17) is 4.74 Å². The largest absolute Gasteiger partial charge is 0.495 e. The number of nitrogens with zero attached hydrogens (tertiary/aromatic N) is 2. The molecule has 17 heavy (non-hydrogen) atoms. The molecule has 1 unspecified atom stereocenters. The monoisotopic (exact) mass is 230 g/mol. The average Bonchev–Trinajstić information content (AvgIpc) is 2.38. The molecule has 0 saturated carbocycles. The van der Waals surface area contributed by atoms with Crippen LogP contribution in [-0.4, -0.2) is 22.2 Å². The van der Waals surface area contributed by atoms with E-state index in [1.165, 1.54) is 0 Å². The molecule has 1 N–H and O–H groups in total. The molecule has 2 aromatic rings. The molecule has 0 radical (unpaired) electrons. The van der Waals surface area contributed by atoms with Gasteiger partial charge in [-0.05, 0) is 36.8 Å². The molecule has 2 aromatic heterocycles.